The zero-order valence-electron chi connectivity index (χ0n) is 22.6. The Kier molecular flexibility index (Phi) is 8.80. The van der Waals surface area contributed by atoms with Crippen LogP contribution in [-0.4, -0.2) is 75.7 Å². The van der Waals surface area contributed by atoms with Crippen LogP contribution >= 0.6 is 0 Å². The number of piperazine rings is 1. The van der Waals surface area contributed by atoms with Gasteiger partial charge in [0.2, 0.25) is 5.95 Å². The Morgan fingerprint density at radius 3 is 2.44 bits per heavy atom. The molecule has 2 N–H and O–H groups in total. The zero-order valence-corrected chi connectivity index (χ0v) is 22.6. The Balaban J connectivity index is 1.30. The van der Waals surface area contributed by atoms with E-state index in [-0.39, 0.29) is 43.8 Å². The van der Waals surface area contributed by atoms with Gasteiger partial charge < -0.3 is 29.4 Å². The van der Waals surface area contributed by atoms with Gasteiger partial charge >= 0.3 is 12.1 Å². The predicted octanol–water partition coefficient (Wildman–Crippen LogP) is 3.27. The van der Waals surface area contributed by atoms with Crippen LogP contribution in [0.4, 0.5) is 24.9 Å². The number of rotatable bonds is 10. The van der Waals surface area contributed by atoms with Crippen molar-refractivity contribution >= 4 is 23.6 Å². The molecule has 12 nitrogen and oxygen atoms in total. The van der Waals surface area contributed by atoms with Crippen LogP contribution < -0.4 is 15.1 Å². The van der Waals surface area contributed by atoms with Gasteiger partial charge in [-0.2, -0.15) is 13.2 Å². The van der Waals surface area contributed by atoms with Crippen LogP contribution in [0.1, 0.15) is 21.7 Å². The summed E-state index contributed by atoms with van der Waals surface area (Å²) >= 11 is 0. The number of amides is 1. The van der Waals surface area contributed by atoms with Crippen molar-refractivity contribution < 1.29 is 37.0 Å². The second-order valence-corrected chi connectivity index (χ2v) is 9.53. The van der Waals surface area contributed by atoms with Gasteiger partial charge in [0.05, 0.1) is 25.0 Å². The molecular formula is C28H26F3N7O5. The number of carboxylic acids is 1. The molecule has 224 valence electrons. The van der Waals surface area contributed by atoms with Gasteiger partial charge in [0.15, 0.2) is 11.9 Å². The van der Waals surface area contributed by atoms with Gasteiger partial charge in [0, 0.05) is 38.4 Å². The van der Waals surface area contributed by atoms with Crippen LogP contribution in [0.25, 0.3) is 11.4 Å². The number of furan rings is 1. The van der Waals surface area contributed by atoms with Gasteiger partial charge in [-0.05, 0) is 17.7 Å². The topological polar surface area (TPSA) is 147 Å². The molecule has 5 rings (SSSR count). The van der Waals surface area contributed by atoms with E-state index in [2.05, 4.69) is 25.3 Å². The first-order chi connectivity index (χ1) is 20.7. The summed E-state index contributed by atoms with van der Waals surface area (Å²) in [7, 11) is 0. The van der Waals surface area contributed by atoms with E-state index in [0.717, 1.165) is 17.8 Å². The van der Waals surface area contributed by atoms with Crippen molar-refractivity contribution in [3.8, 4) is 11.4 Å². The number of nitrogens with zero attached hydrogens (tertiary/aromatic N) is 6. The number of alkyl halides is 3. The van der Waals surface area contributed by atoms with E-state index >= 15 is 0 Å². The quantitative estimate of drug-likeness (QED) is 0.278. The minimum atomic E-state index is -4.59. The number of anilines is 2. The lowest BCUT2D eigenvalue weighted by Gasteiger charge is -2.35. The number of carboxylic acid groups (broad SMARTS) is 1. The average molecular weight is 598 g/mol. The normalized spacial score (nSPS) is 14.4. The van der Waals surface area contributed by atoms with Gasteiger partial charge in [-0.15, -0.1) is 0 Å². The number of aliphatic carboxylic acids is 1. The molecule has 1 aromatic carbocycles. The highest BCUT2D eigenvalue weighted by Crippen LogP contribution is 2.29. The van der Waals surface area contributed by atoms with Crippen LogP contribution in [0.15, 0.2) is 71.7 Å². The SMILES string of the molecule is O=C(N[C@@H](COCc1ccccc1)C(=O)O)c1cc(N2CCN(c3nccc(C(F)(F)F)n3)CC2)nc(-c2ccoc2)n1. The first kappa shape index (κ1) is 29.4. The third kappa shape index (κ3) is 7.43. The van der Waals surface area contributed by atoms with Crippen LogP contribution in [0.2, 0.25) is 0 Å². The lowest BCUT2D eigenvalue weighted by atomic mass is 10.2. The molecule has 15 heteroatoms. The minimum Gasteiger partial charge on any atom is -0.480 e. The molecule has 0 aliphatic carbocycles. The highest BCUT2D eigenvalue weighted by atomic mass is 19.4. The predicted molar refractivity (Wildman–Crippen MR) is 146 cm³/mol. The number of ether oxygens (including phenoxy) is 1. The lowest BCUT2D eigenvalue weighted by Crippen LogP contribution is -2.48. The van der Waals surface area contributed by atoms with Crippen molar-refractivity contribution in [2.24, 2.45) is 0 Å². The third-order valence-corrected chi connectivity index (χ3v) is 6.54. The first-order valence-corrected chi connectivity index (χ1v) is 13.1. The molecule has 3 aromatic heterocycles. The maximum atomic E-state index is 13.2. The maximum Gasteiger partial charge on any atom is 0.433 e. The molecule has 4 aromatic rings. The fraction of sp³-hybridized carbons (Fsp3) is 0.286. The summed E-state index contributed by atoms with van der Waals surface area (Å²) in [6, 6.07) is 11.7. The molecule has 1 aliphatic heterocycles. The maximum absolute atomic E-state index is 13.2. The van der Waals surface area contributed by atoms with E-state index in [9.17, 15) is 27.9 Å². The number of hydrogen-bond donors (Lipinski definition) is 2. The Morgan fingerprint density at radius 1 is 1.02 bits per heavy atom. The minimum absolute atomic E-state index is 0.0366. The number of aromatic nitrogens is 4. The summed E-state index contributed by atoms with van der Waals surface area (Å²) in [6.07, 6.45) is -0.694. The second kappa shape index (κ2) is 12.9. The summed E-state index contributed by atoms with van der Waals surface area (Å²) in [5.74, 6) is -1.52. The Morgan fingerprint density at radius 2 is 1.77 bits per heavy atom. The Bertz CT molecular complexity index is 1550. The molecule has 0 saturated carbocycles. The van der Waals surface area contributed by atoms with Crippen molar-refractivity contribution in [2.45, 2.75) is 18.8 Å². The molecule has 0 radical (unpaired) electrons. The van der Waals surface area contributed by atoms with E-state index in [1.807, 2.05) is 35.2 Å². The third-order valence-electron chi connectivity index (χ3n) is 6.54. The van der Waals surface area contributed by atoms with Gasteiger partial charge in [0.25, 0.3) is 5.91 Å². The van der Waals surface area contributed by atoms with E-state index in [0.29, 0.717) is 24.5 Å². The zero-order chi connectivity index (χ0) is 30.4. The molecule has 1 atom stereocenters. The summed E-state index contributed by atoms with van der Waals surface area (Å²) in [5, 5.41) is 12.1. The smallest absolute Gasteiger partial charge is 0.433 e. The molecule has 0 spiro atoms. The average Bonchev–Trinajstić information content (AvgIpc) is 3.56. The van der Waals surface area contributed by atoms with Crippen LogP contribution in [-0.2, 0) is 22.3 Å². The molecule has 4 heterocycles. The molecule has 0 bridgehead atoms. The Hall–Kier alpha value is -5.05. The van der Waals surface area contributed by atoms with Crippen molar-refractivity contribution in [1.29, 1.82) is 0 Å². The highest BCUT2D eigenvalue weighted by molar-refractivity contribution is 5.96. The molecule has 1 saturated heterocycles. The van der Waals surface area contributed by atoms with E-state index in [4.69, 9.17) is 9.15 Å². The molecule has 43 heavy (non-hydrogen) atoms. The molecule has 1 fully saturated rings. The lowest BCUT2D eigenvalue weighted by molar-refractivity contribution is -0.142. The van der Waals surface area contributed by atoms with E-state index in [1.165, 1.54) is 18.6 Å². The summed E-state index contributed by atoms with van der Waals surface area (Å²) in [4.78, 5) is 45.1. The summed E-state index contributed by atoms with van der Waals surface area (Å²) < 4.78 is 50.0. The van der Waals surface area contributed by atoms with Gasteiger partial charge in [-0.3, -0.25) is 4.79 Å². The van der Waals surface area contributed by atoms with Crippen molar-refractivity contribution in [3.05, 3.63) is 84.2 Å². The Labute approximate surface area is 243 Å². The summed E-state index contributed by atoms with van der Waals surface area (Å²) in [5.41, 5.74) is 0.233. The molecule has 1 aliphatic rings. The molecule has 1 amide bonds. The van der Waals surface area contributed by atoms with Gasteiger partial charge in [-0.1, -0.05) is 30.3 Å². The standard InChI is InChI=1S/C28H26F3N7O5/c29-28(30,31)22-6-8-32-27(35-22)38-11-9-37(10-12-38)23-14-20(33-24(36-23)19-7-13-42-16-19)25(39)34-21(26(40)41)17-43-15-18-4-2-1-3-5-18/h1-8,13-14,16,21H,9-12,15,17H2,(H,34,39)(H,40,41)/t21-/m0/s1. The van der Waals surface area contributed by atoms with Crippen molar-refractivity contribution in [3.63, 3.8) is 0 Å². The number of hydrogen-bond acceptors (Lipinski definition) is 10. The van der Waals surface area contributed by atoms with Crippen LogP contribution in [0.3, 0.4) is 0 Å². The first-order valence-electron chi connectivity index (χ1n) is 13.1. The fourth-order valence-electron chi connectivity index (χ4n) is 4.30. The second-order valence-electron chi connectivity index (χ2n) is 9.53. The number of carbonyl (C=O) groups excluding carboxylic acids is 1. The largest absolute Gasteiger partial charge is 0.480 e. The fourth-order valence-corrected chi connectivity index (χ4v) is 4.30. The van der Waals surface area contributed by atoms with E-state index in [1.54, 1.807) is 11.0 Å². The molecule has 0 unspecified atom stereocenters. The van der Waals surface area contributed by atoms with Crippen LogP contribution in [0.5, 0.6) is 0 Å². The van der Waals surface area contributed by atoms with E-state index < -0.39 is 29.8 Å². The molecular weight excluding hydrogens is 571 g/mol. The highest BCUT2D eigenvalue weighted by Gasteiger charge is 2.34. The van der Waals surface area contributed by atoms with Crippen molar-refractivity contribution in [2.75, 3.05) is 42.6 Å². The number of nitrogens with one attached hydrogen (secondary N) is 1. The number of benzene rings is 1. The van der Waals surface area contributed by atoms with Crippen LogP contribution in [0, 0.1) is 0 Å². The summed E-state index contributed by atoms with van der Waals surface area (Å²) in [6.45, 7) is 1.12. The number of carbonyl (C=O) groups is 2. The number of halogens is 3. The van der Waals surface area contributed by atoms with Gasteiger partial charge in [0.1, 0.15) is 23.5 Å². The van der Waals surface area contributed by atoms with Gasteiger partial charge in [-0.25, -0.2) is 24.7 Å². The monoisotopic (exact) mass is 597 g/mol. The van der Waals surface area contributed by atoms with Crippen molar-refractivity contribution in [1.82, 2.24) is 25.3 Å².